The fourth-order valence-electron chi connectivity index (χ4n) is 2.88. The Morgan fingerprint density at radius 3 is 1.12 bits per heavy atom. The van der Waals surface area contributed by atoms with Crippen LogP contribution in [-0.4, -0.2) is 125 Å². The summed E-state index contributed by atoms with van der Waals surface area (Å²) in [5.74, 6) is 0. The lowest BCUT2D eigenvalue weighted by Crippen LogP contribution is -2.77. The molecule has 2 N–H and O–H groups in total. The molecule has 152 valence electrons. The van der Waals surface area contributed by atoms with Crippen LogP contribution in [0, 0.1) is 0 Å². The lowest BCUT2D eigenvalue weighted by atomic mass is 10.5. The van der Waals surface area contributed by atoms with Gasteiger partial charge in [-0.1, -0.05) is 0 Å². The van der Waals surface area contributed by atoms with Crippen molar-refractivity contribution < 1.29 is 14.4 Å². The molecule has 0 bridgehead atoms. The van der Waals surface area contributed by atoms with E-state index in [1.807, 2.05) is 0 Å². The van der Waals surface area contributed by atoms with E-state index < -0.39 is 8.56 Å². The third-order valence-corrected chi connectivity index (χ3v) is 9.16. The van der Waals surface area contributed by atoms with Crippen molar-refractivity contribution in [3.05, 3.63) is 0 Å². The summed E-state index contributed by atoms with van der Waals surface area (Å²) in [6, 6.07) is -0.368. The molecule has 0 unspecified atom stereocenters. The second kappa shape index (κ2) is 9.62. The number of rotatable bonds is 6. The van der Waals surface area contributed by atoms with Gasteiger partial charge in [0.25, 0.3) is 0 Å². The maximum Gasteiger partial charge on any atom is 0.390 e. The van der Waals surface area contributed by atoms with Crippen LogP contribution in [0.4, 0.5) is 14.4 Å². The first-order valence-corrected chi connectivity index (χ1v) is 10.5. The van der Waals surface area contributed by atoms with Crippen LogP contribution in [0.5, 0.6) is 0 Å². The Morgan fingerprint density at radius 2 is 0.923 bits per heavy atom. The van der Waals surface area contributed by atoms with Gasteiger partial charge in [0, 0.05) is 69.5 Å². The third-order valence-electron chi connectivity index (χ3n) is 4.34. The van der Waals surface area contributed by atoms with Crippen LogP contribution in [0.1, 0.15) is 6.42 Å². The van der Waals surface area contributed by atoms with Crippen molar-refractivity contribution in [1.82, 2.24) is 28.4 Å². The first-order valence-electron chi connectivity index (χ1n) is 8.41. The maximum atomic E-state index is 12.8. The van der Waals surface area contributed by atoms with Gasteiger partial charge >= 0.3 is 26.7 Å². The molecule has 0 fully saturated rings. The van der Waals surface area contributed by atoms with Gasteiger partial charge in [-0.3, -0.25) is 0 Å². The Bertz CT molecular complexity index is 449. The van der Waals surface area contributed by atoms with Crippen LogP contribution < -0.4 is 5.73 Å². The normalized spacial score (nSPS) is 10.8. The van der Waals surface area contributed by atoms with Gasteiger partial charge in [0.2, 0.25) is 0 Å². The van der Waals surface area contributed by atoms with Crippen molar-refractivity contribution in [2.75, 3.05) is 70.0 Å². The van der Waals surface area contributed by atoms with E-state index in [1.54, 1.807) is 77.1 Å². The predicted molar refractivity (Wildman–Crippen MR) is 105 cm³/mol. The molecule has 10 nitrogen and oxygen atoms in total. The molecule has 0 aliphatic carbocycles. The van der Waals surface area contributed by atoms with E-state index in [0.29, 0.717) is 19.0 Å². The van der Waals surface area contributed by atoms with Crippen LogP contribution in [0.2, 0.25) is 6.04 Å². The van der Waals surface area contributed by atoms with Crippen LogP contribution >= 0.6 is 0 Å². The third kappa shape index (κ3) is 4.79. The van der Waals surface area contributed by atoms with E-state index in [0.717, 1.165) is 0 Å². The quantitative estimate of drug-likeness (QED) is 0.652. The molecule has 0 aromatic rings. The van der Waals surface area contributed by atoms with Gasteiger partial charge in [-0.15, -0.1) is 0 Å². The molecule has 0 radical (unpaired) electrons. The molecule has 0 aliphatic rings. The van der Waals surface area contributed by atoms with E-state index in [1.165, 1.54) is 14.7 Å². The minimum atomic E-state index is -3.26. The summed E-state index contributed by atoms with van der Waals surface area (Å²) in [7, 11) is 11.5. The lowest BCUT2D eigenvalue weighted by molar-refractivity contribution is 0.171. The minimum absolute atomic E-state index is 0.273. The molecule has 11 heteroatoms. The summed E-state index contributed by atoms with van der Waals surface area (Å²) >= 11 is 0. The molecule has 0 aromatic carbocycles. The van der Waals surface area contributed by atoms with Crippen molar-refractivity contribution in [2.24, 2.45) is 5.73 Å². The Labute approximate surface area is 158 Å². The molecular weight excluding hydrogens is 354 g/mol. The molecule has 0 aliphatic heterocycles. The largest absolute Gasteiger partial charge is 0.390 e. The number of carbonyl (C=O) groups is 3. The number of hydrogen-bond acceptors (Lipinski definition) is 4. The Hall–Kier alpha value is -2.01. The van der Waals surface area contributed by atoms with Crippen LogP contribution in [0.15, 0.2) is 0 Å². The summed E-state index contributed by atoms with van der Waals surface area (Å²) in [5.41, 5.74) is 5.72. The molecule has 0 aromatic heterocycles. The summed E-state index contributed by atoms with van der Waals surface area (Å²) in [5, 5.41) is 0. The van der Waals surface area contributed by atoms with E-state index in [2.05, 4.69) is 0 Å². The van der Waals surface area contributed by atoms with E-state index in [9.17, 15) is 14.4 Å². The van der Waals surface area contributed by atoms with E-state index in [-0.39, 0.29) is 18.1 Å². The highest BCUT2D eigenvalue weighted by molar-refractivity contribution is 6.77. The van der Waals surface area contributed by atoms with Crippen molar-refractivity contribution in [2.45, 2.75) is 12.5 Å². The van der Waals surface area contributed by atoms with Gasteiger partial charge in [-0.2, -0.15) is 0 Å². The van der Waals surface area contributed by atoms with Crippen molar-refractivity contribution >= 4 is 26.7 Å². The first kappa shape index (κ1) is 24.0. The highest BCUT2D eigenvalue weighted by atomic mass is 28.4. The second-order valence-corrected chi connectivity index (χ2v) is 10.9. The molecule has 26 heavy (non-hydrogen) atoms. The van der Waals surface area contributed by atoms with Crippen LogP contribution in [0.3, 0.4) is 0 Å². The second-order valence-electron chi connectivity index (χ2n) is 6.87. The molecule has 6 amide bonds. The number of nitrogens with two attached hydrogens (primary N) is 1. The SMILES string of the molecule is CN(C)C(=O)N(C)[Si](CCCN)(N(C)C(=O)N(C)C)N(C)C(=O)N(C)C. The van der Waals surface area contributed by atoms with Gasteiger partial charge in [-0.05, 0) is 13.0 Å². The lowest BCUT2D eigenvalue weighted by Gasteiger charge is -2.50. The van der Waals surface area contributed by atoms with Gasteiger partial charge in [-0.25, -0.2) is 14.4 Å². The molecule has 0 heterocycles. The average molecular weight is 390 g/mol. The number of nitrogens with zero attached hydrogens (tertiary/aromatic N) is 6. The summed E-state index contributed by atoms with van der Waals surface area (Å²) in [6.07, 6.45) is 0.577. The molecule has 0 rings (SSSR count). The molecule has 0 atom stereocenters. The fourth-order valence-corrected chi connectivity index (χ4v) is 7.43. The van der Waals surface area contributed by atoms with Gasteiger partial charge < -0.3 is 34.1 Å². The fraction of sp³-hybridized carbons (Fsp3) is 0.800. The van der Waals surface area contributed by atoms with Gasteiger partial charge in [0.1, 0.15) is 0 Å². The predicted octanol–water partition coefficient (Wildman–Crippen LogP) is 0.114. The van der Waals surface area contributed by atoms with E-state index in [4.69, 9.17) is 5.73 Å². The Balaban J connectivity index is 6.47. The van der Waals surface area contributed by atoms with Crippen LogP contribution in [-0.2, 0) is 0 Å². The molecule has 0 saturated carbocycles. The van der Waals surface area contributed by atoms with Crippen molar-refractivity contribution in [3.8, 4) is 0 Å². The standard InChI is InChI=1S/C15H35N7O3Si/c1-17(2)13(23)20(7)26(12-10-11-16,21(8)14(24)18(3)4)22(9)15(25)19(5)6/h10-12,16H2,1-9H3. The summed E-state index contributed by atoms with van der Waals surface area (Å²) in [6.45, 7) is 0.396. The smallest absolute Gasteiger partial charge is 0.331 e. The van der Waals surface area contributed by atoms with E-state index >= 15 is 0 Å². The zero-order chi connectivity index (χ0) is 20.8. The molecular formula is C15H35N7O3Si. The summed E-state index contributed by atoms with van der Waals surface area (Å²) < 4.78 is 4.64. The topological polar surface area (TPSA) is 96.7 Å². The first-order chi connectivity index (χ1) is 11.9. The number of carbonyl (C=O) groups excluding carboxylic acids is 3. The van der Waals surface area contributed by atoms with Crippen LogP contribution in [0.25, 0.3) is 0 Å². The Kier molecular flexibility index (Phi) is 8.88. The van der Waals surface area contributed by atoms with Gasteiger partial charge in [0.15, 0.2) is 0 Å². The summed E-state index contributed by atoms with van der Waals surface area (Å²) in [4.78, 5) is 42.7. The number of amides is 6. The van der Waals surface area contributed by atoms with Gasteiger partial charge in [0.05, 0.1) is 0 Å². The highest BCUT2D eigenvalue weighted by Crippen LogP contribution is 2.26. The number of hydrogen-bond donors (Lipinski definition) is 1. The molecule has 0 spiro atoms. The minimum Gasteiger partial charge on any atom is -0.331 e. The Morgan fingerprint density at radius 1 is 0.654 bits per heavy atom. The number of urea groups is 3. The maximum absolute atomic E-state index is 12.8. The van der Waals surface area contributed by atoms with Crippen molar-refractivity contribution in [3.63, 3.8) is 0 Å². The average Bonchev–Trinajstić information content (AvgIpc) is 2.58. The van der Waals surface area contributed by atoms with Crippen molar-refractivity contribution in [1.29, 1.82) is 0 Å². The highest BCUT2D eigenvalue weighted by Gasteiger charge is 2.54. The zero-order valence-corrected chi connectivity index (χ0v) is 18.6. The zero-order valence-electron chi connectivity index (χ0n) is 17.6. The monoisotopic (exact) mass is 389 g/mol. The molecule has 0 saturated heterocycles.